The Morgan fingerprint density at radius 2 is 1.96 bits per heavy atom. The van der Waals surface area contributed by atoms with Crippen LogP contribution in [0.5, 0.6) is 0 Å². The number of aromatic nitrogens is 1. The molecule has 4 nitrogen and oxygen atoms in total. The minimum Gasteiger partial charge on any atom is -0.365 e. The first kappa shape index (κ1) is 16.8. The maximum Gasteiger partial charge on any atom is 0.253 e. The van der Waals surface area contributed by atoms with Crippen LogP contribution < -0.4 is 10.6 Å². The third-order valence-electron chi connectivity index (χ3n) is 4.30. The van der Waals surface area contributed by atoms with E-state index in [-0.39, 0.29) is 5.91 Å². The van der Waals surface area contributed by atoms with Crippen molar-refractivity contribution in [1.29, 1.82) is 0 Å². The average molecular weight is 382 g/mol. The van der Waals surface area contributed by atoms with Crippen LogP contribution in [-0.4, -0.2) is 17.9 Å². The Morgan fingerprint density at radius 1 is 1.12 bits per heavy atom. The third kappa shape index (κ3) is 2.89. The Kier molecular flexibility index (Phi) is 4.49. The first-order valence-corrected chi connectivity index (χ1v) is 9.44. The molecule has 1 amide bonds. The second-order valence-electron chi connectivity index (χ2n) is 5.85. The number of fused-ring (bicyclic) bond motifs is 3. The molecule has 2 aromatic carbocycles. The highest BCUT2D eigenvalue weighted by Crippen LogP contribution is 2.35. The molecule has 0 unspecified atom stereocenters. The van der Waals surface area contributed by atoms with Crippen LogP contribution >= 0.6 is 22.9 Å². The van der Waals surface area contributed by atoms with Crippen molar-refractivity contribution in [2.45, 2.75) is 6.54 Å². The number of hydrogen-bond acceptors (Lipinski definition) is 4. The second kappa shape index (κ2) is 6.94. The first-order valence-electron chi connectivity index (χ1n) is 8.18. The fourth-order valence-corrected chi connectivity index (χ4v) is 4.12. The fourth-order valence-electron chi connectivity index (χ4n) is 3.00. The topological polar surface area (TPSA) is 54.0 Å². The van der Waals surface area contributed by atoms with Crippen LogP contribution in [0.4, 0.5) is 5.82 Å². The highest BCUT2D eigenvalue weighted by atomic mass is 35.5. The number of rotatable bonds is 4. The van der Waals surface area contributed by atoms with Crippen LogP contribution in [0, 0.1) is 0 Å². The molecule has 0 aliphatic carbocycles. The van der Waals surface area contributed by atoms with Gasteiger partial charge in [0.15, 0.2) is 0 Å². The molecule has 130 valence electrons. The molecule has 0 radical (unpaired) electrons. The molecule has 26 heavy (non-hydrogen) atoms. The summed E-state index contributed by atoms with van der Waals surface area (Å²) in [6, 6.07) is 15.5. The summed E-state index contributed by atoms with van der Waals surface area (Å²) in [5, 5.41) is 10.9. The lowest BCUT2D eigenvalue weighted by Crippen LogP contribution is -2.18. The Bertz CT molecular complexity index is 1120. The van der Waals surface area contributed by atoms with Crippen molar-refractivity contribution < 1.29 is 4.79 Å². The van der Waals surface area contributed by atoms with Gasteiger partial charge in [0.25, 0.3) is 5.91 Å². The van der Waals surface area contributed by atoms with Crippen molar-refractivity contribution in [2.75, 3.05) is 12.4 Å². The Balaban J connectivity index is 1.84. The third-order valence-corrected chi connectivity index (χ3v) is 5.62. The molecule has 0 saturated carbocycles. The normalized spacial score (nSPS) is 11.0. The van der Waals surface area contributed by atoms with Crippen molar-refractivity contribution in [3.63, 3.8) is 0 Å². The molecular weight excluding hydrogens is 366 g/mol. The Hall–Kier alpha value is -2.63. The lowest BCUT2D eigenvalue weighted by atomic mass is 10.1. The predicted octanol–water partition coefficient (Wildman–Crippen LogP) is 5.07. The van der Waals surface area contributed by atoms with Crippen LogP contribution in [0.15, 0.2) is 53.9 Å². The molecule has 4 rings (SSSR count). The van der Waals surface area contributed by atoms with Gasteiger partial charge in [-0.25, -0.2) is 4.98 Å². The molecule has 0 aliphatic rings. The molecule has 2 N–H and O–H groups in total. The van der Waals surface area contributed by atoms with Gasteiger partial charge in [-0.2, -0.15) is 0 Å². The number of carbonyl (C=O) groups excluding carboxylic acids is 1. The van der Waals surface area contributed by atoms with Gasteiger partial charge in [0, 0.05) is 34.1 Å². The van der Waals surface area contributed by atoms with E-state index in [4.69, 9.17) is 16.6 Å². The molecule has 0 spiro atoms. The molecule has 0 aliphatic heterocycles. The van der Waals surface area contributed by atoms with Gasteiger partial charge in [0.1, 0.15) is 5.82 Å². The monoisotopic (exact) mass is 381 g/mol. The highest BCUT2D eigenvalue weighted by molar-refractivity contribution is 7.18. The molecule has 2 heterocycles. The SMILES string of the molecule is CNC(=O)c1cccc2c1nc(NCc1ccccc1Cl)c1ccsc12. The smallest absolute Gasteiger partial charge is 0.253 e. The molecule has 0 bridgehead atoms. The lowest BCUT2D eigenvalue weighted by molar-refractivity contribution is 0.0964. The predicted molar refractivity (Wildman–Crippen MR) is 109 cm³/mol. The highest BCUT2D eigenvalue weighted by Gasteiger charge is 2.15. The van der Waals surface area contributed by atoms with Gasteiger partial charge in [0.05, 0.1) is 11.1 Å². The number of thiophene rings is 1. The molecular formula is C20H16ClN3OS. The Labute approximate surface area is 159 Å². The lowest BCUT2D eigenvalue weighted by Gasteiger charge is -2.12. The fraction of sp³-hybridized carbons (Fsp3) is 0.100. The van der Waals surface area contributed by atoms with Crippen molar-refractivity contribution >= 4 is 55.7 Å². The van der Waals surface area contributed by atoms with E-state index in [1.54, 1.807) is 24.5 Å². The van der Waals surface area contributed by atoms with Gasteiger partial charge >= 0.3 is 0 Å². The van der Waals surface area contributed by atoms with E-state index in [1.807, 2.05) is 47.8 Å². The second-order valence-corrected chi connectivity index (χ2v) is 7.17. The minimum absolute atomic E-state index is 0.143. The molecule has 0 fully saturated rings. The van der Waals surface area contributed by atoms with E-state index in [9.17, 15) is 4.79 Å². The number of nitrogens with one attached hydrogen (secondary N) is 2. The summed E-state index contributed by atoms with van der Waals surface area (Å²) < 4.78 is 1.11. The van der Waals surface area contributed by atoms with Crippen LogP contribution in [0.3, 0.4) is 0 Å². The summed E-state index contributed by atoms with van der Waals surface area (Å²) >= 11 is 7.90. The van der Waals surface area contributed by atoms with E-state index in [0.29, 0.717) is 22.6 Å². The average Bonchev–Trinajstić information content (AvgIpc) is 3.16. The number of carbonyl (C=O) groups is 1. The standard InChI is InChI=1S/C20H16ClN3OS/c1-22-20(25)14-7-4-6-13-17(14)24-19(15-9-10-26-18(13)15)23-11-12-5-2-3-8-16(12)21/h2-10H,11H2,1H3,(H,22,25)(H,23,24). The first-order chi connectivity index (χ1) is 12.7. The number of benzene rings is 2. The van der Waals surface area contributed by atoms with E-state index >= 15 is 0 Å². The summed E-state index contributed by atoms with van der Waals surface area (Å²) in [6.45, 7) is 0.561. The molecule has 4 aromatic rings. The van der Waals surface area contributed by atoms with Gasteiger partial charge in [-0.3, -0.25) is 4.79 Å². The van der Waals surface area contributed by atoms with Crippen LogP contribution in [-0.2, 0) is 6.54 Å². The summed E-state index contributed by atoms with van der Waals surface area (Å²) in [5.41, 5.74) is 2.27. The number of pyridine rings is 1. The largest absolute Gasteiger partial charge is 0.365 e. The maximum atomic E-state index is 12.3. The van der Waals surface area contributed by atoms with Gasteiger partial charge in [0.2, 0.25) is 0 Å². The summed E-state index contributed by atoms with van der Waals surface area (Å²) in [4.78, 5) is 17.0. The Morgan fingerprint density at radius 3 is 2.77 bits per heavy atom. The molecule has 0 atom stereocenters. The van der Waals surface area contributed by atoms with Crippen LogP contribution in [0.2, 0.25) is 5.02 Å². The zero-order valence-corrected chi connectivity index (χ0v) is 15.6. The van der Waals surface area contributed by atoms with Gasteiger partial charge in [-0.15, -0.1) is 11.3 Å². The van der Waals surface area contributed by atoms with Gasteiger partial charge in [-0.05, 0) is 29.1 Å². The minimum atomic E-state index is -0.143. The van der Waals surface area contributed by atoms with E-state index in [0.717, 1.165) is 26.9 Å². The summed E-state index contributed by atoms with van der Waals surface area (Å²) in [7, 11) is 1.63. The maximum absolute atomic E-state index is 12.3. The zero-order valence-electron chi connectivity index (χ0n) is 14.0. The van der Waals surface area contributed by atoms with Crippen LogP contribution in [0.25, 0.3) is 21.0 Å². The van der Waals surface area contributed by atoms with E-state index < -0.39 is 0 Å². The number of hydrogen-bond donors (Lipinski definition) is 2. The van der Waals surface area contributed by atoms with Crippen molar-refractivity contribution in [2.24, 2.45) is 0 Å². The molecule has 6 heteroatoms. The van der Waals surface area contributed by atoms with E-state index in [2.05, 4.69) is 10.6 Å². The van der Waals surface area contributed by atoms with Crippen molar-refractivity contribution in [3.8, 4) is 0 Å². The number of halogens is 1. The molecule has 2 aromatic heterocycles. The summed E-state index contributed by atoms with van der Waals surface area (Å²) in [5.74, 6) is 0.612. The number of anilines is 1. The van der Waals surface area contributed by atoms with Gasteiger partial charge < -0.3 is 10.6 Å². The van der Waals surface area contributed by atoms with Crippen molar-refractivity contribution in [1.82, 2.24) is 10.3 Å². The molecule has 0 saturated heterocycles. The number of amides is 1. The zero-order chi connectivity index (χ0) is 18.1. The number of para-hydroxylation sites is 1. The van der Waals surface area contributed by atoms with Gasteiger partial charge in [-0.1, -0.05) is 41.9 Å². The van der Waals surface area contributed by atoms with E-state index in [1.165, 1.54) is 0 Å². The van der Waals surface area contributed by atoms with Crippen LogP contribution in [0.1, 0.15) is 15.9 Å². The van der Waals surface area contributed by atoms with Crippen molar-refractivity contribution in [3.05, 3.63) is 70.1 Å². The summed E-state index contributed by atoms with van der Waals surface area (Å²) in [6.07, 6.45) is 0. The quantitative estimate of drug-likeness (QED) is 0.518. The number of nitrogens with zero attached hydrogens (tertiary/aromatic N) is 1.